The molecule has 8 nitrogen and oxygen atoms in total. The molecule has 0 spiro atoms. The molecule has 2 aromatic heterocycles. The number of rotatable bonds is 4. The minimum Gasteiger partial charge on any atom is -0.507 e. The number of hydrogen-bond donors (Lipinski definition) is 1. The summed E-state index contributed by atoms with van der Waals surface area (Å²) in [6.07, 6.45) is 1.51. The Bertz CT molecular complexity index is 1180. The second-order valence-corrected chi connectivity index (χ2v) is 7.54. The number of ketones is 1. The first-order valence-corrected chi connectivity index (χ1v) is 9.60. The van der Waals surface area contributed by atoms with Gasteiger partial charge in [-0.25, -0.2) is 4.39 Å². The molecule has 0 radical (unpaired) electrons. The lowest BCUT2D eigenvalue weighted by molar-refractivity contribution is -0.132. The Morgan fingerprint density at radius 2 is 2.03 bits per heavy atom. The Kier molecular flexibility index (Phi) is 5.00. The van der Waals surface area contributed by atoms with Crippen LogP contribution in [0.1, 0.15) is 22.3 Å². The van der Waals surface area contributed by atoms with Gasteiger partial charge in [-0.3, -0.25) is 19.5 Å². The van der Waals surface area contributed by atoms with Crippen molar-refractivity contribution in [1.82, 2.24) is 15.2 Å². The molecule has 3 aromatic rings. The molecule has 10 heteroatoms. The number of carbonyl (C=O) groups excluding carboxylic acids is 2. The number of aryl methyl sites for hydroxylation is 1. The predicted octanol–water partition coefficient (Wildman–Crippen LogP) is 3.02. The molecule has 0 bridgehead atoms. The summed E-state index contributed by atoms with van der Waals surface area (Å²) < 4.78 is 19.1. The summed E-state index contributed by atoms with van der Waals surface area (Å²) >= 11 is 1.13. The average molecular weight is 426 g/mol. The Morgan fingerprint density at radius 3 is 2.63 bits per heavy atom. The van der Waals surface area contributed by atoms with E-state index in [9.17, 15) is 19.1 Å². The number of amides is 1. The van der Waals surface area contributed by atoms with E-state index in [1.807, 2.05) is 0 Å². The number of ether oxygens (including phenoxy) is 1. The van der Waals surface area contributed by atoms with Crippen LogP contribution in [0.15, 0.2) is 48.2 Å². The molecule has 4 rings (SSSR count). The van der Waals surface area contributed by atoms with E-state index in [1.165, 1.54) is 25.4 Å². The van der Waals surface area contributed by atoms with Crippen molar-refractivity contribution in [3.8, 4) is 5.75 Å². The van der Waals surface area contributed by atoms with Crippen molar-refractivity contribution in [3.63, 3.8) is 0 Å². The highest BCUT2D eigenvalue weighted by atomic mass is 32.1. The van der Waals surface area contributed by atoms with Crippen LogP contribution in [0.4, 0.5) is 9.52 Å². The third-order valence-corrected chi connectivity index (χ3v) is 5.40. The van der Waals surface area contributed by atoms with E-state index in [1.54, 1.807) is 25.1 Å². The van der Waals surface area contributed by atoms with Crippen LogP contribution in [0.25, 0.3) is 5.76 Å². The van der Waals surface area contributed by atoms with Crippen LogP contribution in [0, 0.1) is 12.7 Å². The van der Waals surface area contributed by atoms with E-state index >= 15 is 0 Å². The van der Waals surface area contributed by atoms with Gasteiger partial charge in [-0.15, -0.1) is 10.2 Å². The molecular weight excluding hydrogens is 411 g/mol. The summed E-state index contributed by atoms with van der Waals surface area (Å²) in [5.41, 5.74) is 0.164. The van der Waals surface area contributed by atoms with E-state index < -0.39 is 29.3 Å². The minimum absolute atomic E-state index is 0.0161. The number of aliphatic hydroxyl groups excluding tert-OH is 1. The minimum atomic E-state index is -1.04. The predicted molar refractivity (Wildman–Crippen MR) is 107 cm³/mol. The first-order valence-electron chi connectivity index (χ1n) is 8.78. The van der Waals surface area contributed by atoms with Gasteiger partial charge in [-0.2, -0.15) is 0 Å². The van der Waals surface area contributed by atoms with Crippen LogP contribution >= 0.6 is 11.3 Å². The van der Waals surface area contributed by atoms with Crippen LogP contribution in [0.5, 0.6) is 5.75 Å². The number of halogens is 1. The van der Waals surface area contributed by atoms with Crippen molar-refractivity contribution in [3.05, 3.63) is 70.3 Å². The maximum Gasteiger partial charge on any atom is 0.302 e. The average Bonchev–Trinajstić information content (AvgIpc) is 3.29. The highest BCUT2D eigenvalue weighted by Crippen LogP contribution is 2.42. The Morgan fingerprint density at radius 1 is 1.23 bits per heavy atom. The second-order valence-electron chi connectivity index (χ2n) is 6.38. The van der Waals surface area contributed by atoms with Crippen LogP contribution in [-0.2, 0) is 9.59 Å². The zero-order valence-corrected chi connectivity index (χ0v) is 16.7. The van der Waals surface area contributed by atoms with Crippen molar-refractivity contribution in [2.75, 3.05) is 12.0 Å². The largest absolute Gasteiger partial charge is 0.507 e. The molecule has 0 saturated carbocycles. The molecule has 1 aliphatic heterocycles. The molecule has 1 aromatic carbocycles. The fraction of sp³-hybridized carbons (Fsp3) is 0.150. The number of hydrogen-bond acceptors (Lipinski definition) is 8. The van der Waals surface area contributed by atoms with Gasteiger partial charge in [0.05, 0.1) is 18.4 Å². The van der Waals surface area contributed by atoms with Gasteiger partial charge in [0.2, 0.25) is 5.13 Å². The highest BCUT2D eigenvalue weighted by molar-refractivity contribution is 7.15. The molecule has 1 N–H and O–H groups in total. The molecule has 1 saturated heterocycles. The van der Waals surface area contributed by atoms with Gasteiger partial charge in [0.1, 0.15) is 16.8 Å². The zero-order chi connectivity index (χ0) is 21.4. The quantitative estimate of drug-likeness (QED) is 0.388. The molecule has 1 atom stereocenters. The molecule has 1 unspecified atom stereocenters. The van der Waals surface area contributed by atoms with Gasteiger partial charge in [0.25, 0.3) is 5.78 Å². The zero-order valence-electron chi connectivity index (χ0n) is 15.9. The lowest BCUT2D eigenvalue weighted by Gasteiger charge is -2.21. The normalized spacial score (nSPS) is 18.1. The van der Waals surface area contributed by atoms with Gasteiger partial charge in [0.15, 0.2) is 11.6 Å². The number of pyridine rings is 1. The molecule has 1 amide bonds. The maximum absolute atomic E-state index is 14.2. The smallest absolute Gasteiger partial charge is 0.302 e. The second kappa shape index (κ2) is 7.64. The number of benzene rings is 1. The van der Waals surface area contributed by atoms with Crippen molar-refractivity contribution in [1.29, 1.82) is 0 Å². The summed E-state index contributed by atoms with van der Waals surface area (Å²) in [6, 6.07) is 7.72. The topological polar surface area (TPSA) is 106 Å². The van der Waals surface area contributed by atoms with Gasteiger partial charge >= 0.3 is 5.91 Å². The van der Waals surface area contributed by atoms with E-state index in [0.29, 0.717) is 10.7 Å². The lowest BCUT2D eigenvalue weighted by Crippen LogP contribution is -2.29. The van der Waals surface area contributed by atoms with Crippen LogP contribution in [0.2, 0.25) is 0 Å². The molecule has 1 fully saturated rings. The summed E-state index contributed by atoms with van der Waals surface area (Å²) in [5, 5.41) is 19.6. The van der Waals surface area contributed by atoms with Crippen molar-refractivity contribution in [2.45, 2.75) is 13.0 Å². The van der Waals surface area contributed by atoms with E-state index in [4.69, 9.17) is 4.74 Å². The van der Waals surface area contributed by atoms with Crippen molar-refractivity contribution >= 4 is 33.9 Å². The summed E-state index contributed by atoms with van der Waals surface area (Å²) in [7, 11) is 1.31. The number of Topliss-reactive ketones (excluding diaryl/α,β-unsaturated/α-hetero) is 1. The van der Waals surface area contributed by atoms with Crippen LogP contribution in [0.3, 0.4) is 0 Å². The Labute approximate surface area is 174 Å². The molecule has 3 heterocycles. The molecule has 1 aliphatic rings. The van der Waals surface area contributed by atoms with Crippen molar-refractivity contribution < 1.29 is 23.8 Å². The summed E-state index contributed by atoms with van der Waals surface area (Å²) in [4.78, 5) is 31.2. The maximum atomic E-state index is 14.2. The summed E-state index contributed by atoms with van der Waals surface area (Å²) in [6.45, 7) is 1.72. The van der Waals surface area contributed by atoms with Gasteiger partial charge in [0, 0.05) is 11.8 Å². The van der Waals surface area contributed by atoms with Crippen LogP contribution in [-0.4, -0.2) is 39.1 Å². The molecule has 152 valence electrons. The molecular formula is C20H15FN4O4S. The van der Waals surface area contributed by atoms with Gasteiger partial charge < -0.3 is 9.84 Å². The fourth-order valence-corrected chi connectivity index (χ4v) is 3.91. The Balaban J connectivity index is 1.92. The Hall–Kier alpha value is -3.66. The molecule has 30 heavy (non-hydrogen) atoms. The first kappa shape index (κ1) is 19.6. The van der Waals surface area contributed by atoms with E-state index in [0.717, 1.165) is 22.3 Å². The van der Waals surface area contributed by atoms with Crippen LogP contribution < -0.4 is 9.64 Å². The lowest BCUT2D eigenvalue weighted by atomic mass is 9.98. The third kappa shape index (κ3) is 3.20. The number of nitrogens with zero attached hydrogens (tertiary/aromatic N) is 4. The standard InChI is InChI=1S/C20H15FN4O4S/c1-10-23-24-20(30-10)25-16(13-5-3-4-8-22-13)15(18(27)19(25)28)17(26)11-6-7-14(29-2)12(21)9-11/h3-9,16,26H,1-2H3. The summed E-state index contributed by atoms with van der Waals surface area (Å²) in [5.74, 6) is -3.05. The van der Waals surface area contributed by atoms with Crippen molar-refractivity contribution in [2.24, 2.45) is 0 Å². The van der Waals surface area contributed by atoms with Gasteiger partial charge in [-0.1, -0.05) is 17.4 Å². The van der Waals surface area contributed by atoms with Gasteiger partial charge in [-0.05, 0) is 37.3 Å². The fourth-order valence-electron chi connectivity index (χ4n) is 3.20. The van der Waals surface area contributed by atoms with E-state index in [2.05, 4.69) is 15.2 Å². The number of aliphatic hydroxyl groups is 1. The number of anilines is 1. The number of carbonyl (C=O) groups is 2. The monoisotopic (exact) mass is 426 g/mol. The number of methoxy groups -OCH3 is 1. The highest BCUT2D eigenvalue weighted by Gasteiger charge is 2.49. The molecule has 0 aliphatic carbocycles. The third-order valence-electron chi connectivity index (χ3n) is 4.56. The first-order chi connectivity index (χ1) is 14.4. The number of aromatic nitrogens is 3. The van der Waals surface area contributed by atoms with E-state index in [-0.39, 0.29) is 22.0 Å². The SMILES string of the molecule is COc1ccc(C(O)=C2C(=O)C(=O)N(c3nnc(C)s3)C2c2ccccn2)cc1F.